The quantitative estimate of drug-likeness (QED) is 0.188. The van der Waals surface area contributed by atoms with Crippen molar-refractivity contribution in [2.75, 3.05) is 0 Å². The largest absolute Gasteiger partial charge is 0.308 e. The summed E-state index contributed by atoms with van der Waals surface area (Å²) in [6.07, 6.45) is 0. The molecule has 0 amide bonds. The Morgan fingerprint density at radius 2 is 0.889 bits per heavy atom. The summed E-state index contributed by atoms with van der Waals surface area (Å²) in [5.41, 5.74) is 8.66. The summed E-state index contributed by atoms with van der Waals surface area (Å²) in [6, 6.07) is 55.8. The van der Waals surface area contributed by atoms with Gasteiger partial charge in [0.15, 0.2) is 0 Å². The molecule has 0 aliphatic heterocycles. The zero-order chi connectivity index (χ0) is 29.5. The molecule has 0 aliphatic rings. The van der Waals surface area contributed by atoms with E-state index in [1.165, 1.54) is 90.1 Å². The third-order valence-electron chi connectivity index (χ3n) is 9.23. The highest BCUT2D eigenvalue weighted by molar-refractivity contribution is 7.26. The van der Waals surface area contributed by atoms with E-state index in [9.17, 15) is 0 Å². The fraction of sp³-hybridized carbons (Fsp3) is 0. The monoisotopic (exact) mass is 607 g/mol. The Morgan fingerprint density at radius 1 is 0.356 bits per heavy atom. The first-order valence-electron chi connectivity index (χ1n) is 15.3. The van der Waals surface area contributed by atoms with E-state index in [1.54, 1.807) is 0 Å². The molecule has 10 aromatic rings. The van der Waals surface area contributed by atoms with Crippen LogP contribution in [0.1, 0.15) is 0 Å². The summed E-state index contributed by atoms with van der Waals surface area (Å²) in [5.74, 6) is 0. The summed E-state index contributed by atoms with van der Waals surface area (Å²) in [5, 5.41) is 7.94. The summed E-state index contributed by atoms with van der Waals surface area (Å²) < 4.78 is 7.82. The zero-order valence-corrected chi connectivity index (χ0v) is 25.8. The standard InChI is InChI=1S/C42H25NS2/c1-4-10-37-31(7-1)34-22-23-35-32-8-2-6-12-39(32)45-42(35)41(34)43(37)30-20-17-27(18-21-30)26-13-15-28(16-14-26)29-19-24-40-36(25-29)33-9-3-5-11-38(33)44-40/h1-25H. The number of fused-ring (bicyclic) bond motifs is 10. The van der Waals surface area contributed by atoms with Crippen molar-refractivity contribution >= 4 is 84.8 Å². The van der Waals surface area contributed by atoms with Crippen LogP contribution in [0, 0.1) is 0 Å². The van der Waals surface area contributed by atoms with Gasteiger partial charge in [-0.15, -0.1) is 22.7 Å². The van der Waals surface area contributed by atoms with E-state index in [1.807, 2.05) is 22.7 Å². The molecular formula is C42H25NS2. The van der Waals surface area contributed by atoms with Gasteiger partial charge in [0.1, 0.15) is 0 Å². The van der Waals surface area contributed by atoms with E-state index >= 15 is 0 Å². The first-order chi connectivity index (χ1) is 22.3. The van der Waals surface area contributed by atoms with E-state index in [2.05, 4.69) is 156 Å². The van der Waals surface area contributed by atoms with Crippen molar-refractivity contribution < 1.29 is 0 Å². The Balaban J connectivity index is 1.06. The molecule has 0 fully saturated rings. The van der Waals surface area contributed by atoms with Crippen molar-refractivity contribution in [3.8, 4) is 27.9 Å². The average Bonchev–Trinajstić information content (AvgIpc) is 3.78. The van der Waals surface area contributed by atoms with Gasteiger partial charge in [0, 0.05) is 52.1 Å². The number of nitrogens with zero attached hydrogens (tertiary/aromatic N) is 1. The topological polar surface area (TPSA) is 4.93 Å². The van der Waals surface area contributed by atoms with Gasteiger partial charge in [0.05, 0.1) is 15.7 Å². The van der Waals surface area contributed by atoms with Gasteiger partial charge < -0.3 is 4.57 Å². The van der Waals surface area contributed by atoms with Crippen LogP contribution in [0.3, 0.4) is 0 Å². The van der Waals surface area contributed by atoms with E-state index in [0.29, 0.717) is 0 Å². The van der Waals surface area contributed by atoms with Gasteiger partial charge >= 0.3 is 0 Å². The van der Waals surface area contributed by atoms with Crippen molar-refractivity contribution in [2.45, 2.75) is 0 Å². The fourth-order valence-corrected chi connectivity index (χ4v) is 9.39. The Bertz CT molecular complexity index is 2740. The van der Waals surface area contributed by atoms with E-state index < -0.39 is 0 Å². The third kappa shape index (κ3) is 3.78. The maximum atomic E-state index is 2.46. The number of rotatable bonds is 3. The van der Waals surface area contributed by atoms with Crippen LogP contribution in [0.4, 0.5) is 0 Å². The molecule has 45 heavy (non-hydrogen) atoms. The molecule has 1 nitrogen and oxygen atoms in total. The van der Waals surface area contributed by atoms with Gasteiger partial charge in [-0.25, -0.2) is 0 Å². The lowest BCUT2D eigenvalue weighted by Gasteiger charge is -2.10. The van der Waals surface area contributed by atoms with Crippen LogP contribution in [-0.4, -0.2) is 4.57 Å². The smallest absolute Gasteiger partial charge is 0.0719 e. The van der Waals surface area contributed by atoms with Gasteiger partial charge in [-0.3, -0.25) is 0 Å². The molecule has 3 heteroatoms. The van der Waals surface area contributed by atoms with E-state index in [4.69, 9.17) is 0 Å². The molecule has 0 bridgehead atoms. The first-order valence-corrected chi connectivity index (χ1v) is 16.9. The predicted molar refractivity (Wildman–Crippen MR) is 197 cm³/mol. The zero-order valence-electron chi connectivity index (χ0n) is 24.2. The van der Waals surface area contributed by atoms with Gasteiger partial charge in [-0.05, 0) is 64.7 Å². The highest BCUT2D eigenvalue weighted by Gasteiger charge is 2.17. The Morgan fingerprint density at radius 3 is 1.64 bits per heavy atom. The van der Waals surface area contributed by atoms with Crippen LogP contribution < -0.4 is 0 Å². The Hall–Kier alpha value is -5.22. The summed E-state index contributed by atoms with van der Waals surface area (Å²) >= 11 is 3.76. The number of aromatic nitrogens is 1. The second-order valence-electron chi connectivity index (χ2n) is 11.7. The van der Waals surface area contributed by atoms with Crippen molar-refractivity contribution in [1.29, 1.82) is 0 Å². The number of thiophene rings is 2. The molecule has 0 radical (unpaired) electrons. The van der Waals surface area contributed by atoms with Crippen molar-refractivity contribution in [2.24, 2.45) is 0 Å². The molecular weight excluding hydrogens is 583 g/mol. The molecule has 0 spiro atoms. The molecule has 210 valence electrons. The lowest BCUT2D eigenvalue weighted by atomic mass is 9.99. The summed E-state index contributed by atoms with van der Waals surface area (Å²) in [6.45, 7) is 0. The number of hydrogen-bond donors (Lipinski definition) is 0. The SMILES string of the molecule is c1ccc2c(c1)sc1ccc(-c3ccc(-c4ccc(-n5c6ccccc6c6ccc7c8ccccc8sc7c65)cc4)cc3)cc12. The normalized spacial score (nSPS) is 12.0. The molecule has 0 unspecified atom stereocenters. The highest BCUT2D eigenvalue weighted by atomic mass is 32.1. The van der Waals surface area contributed by atoms with Crippen molar-refractivity contribution in [3.63, 3.8) is 0 Å². The first kappa shape index (κ1) is 25.1. The predicted octanol–water partition coefficient (Wildman–Crippen LogP) is 12.9. The molecule has 0 N–H and O–H groups in total. The molecule has 10 rings (SSSR count). The molecule has 3 aromatic heterocycles. The Labute approximate surface area is 267 Å². The molecule has 0 saturated heterocycles. The number of hydrogen-bond acceptors (Lipinski definition) is 2. The molecule has 0 saturated carbocycles. The van der Waals surface area contributed by atoms with Crippen LogP contribution in [-0.2, 0) is 0 Å². The van der Waals surface area contributed by atoms with Gasteiger partial charge in [-0.1, -0.05) is 109 Å². The molecule has 7 aromatic carbocycles. The lowest BCUT2D eigenvalue weighted by Crippen LogP contribution is -1.94. The minimum absolute atomic E-state index is 1.18. The van der Waals surface area contributed by atoms with Crippen LogP contribution in [0.5, 0.6) is 0 Å². The van der Waals surface area contributed by atoms with E-state index in [0.717, 1.165) is 0 Å². The van der Waals surface area contributed by atoms with E-state index in [-0.39, 0.29) is 0 Å². The highest BCUT2D eigenvalue weighted by Crippen LogP contribution is 2.43. The second kappa shape index (κ2) is 9.64. The van der Waals surface area contributed by atoms with Gasteiger partial charge in [0.25, 0.3) is 0 Å². The third-order valence-corrected chi connectivity index (χ3v) is 11.6. The molecule has 3 heterocycles. The van der Waals surface area contributed by atoms with Crippen LogP contribution >= 0.6 is 22.7 Å². The minimum Gasteiger partial charge on any atom is -0.308 e. The van der Waals surface area contributed by atoms with Crippen LogP contribution in [0.25, 0.3) is 90.1 Å². The fourth-order valence-electron chi connectivity index (χ4n) is 7.06. The molecule has 0 aliphatic carbocycles. The van der Waals surface area contributed by atoms with Crippen LogP contribution in [0.2, 0.25) is 0 Å². The second-order valence-corrected chi connectivity index (χ2v) is 13.9. The number of benzene rings is 7. The van der Waals surface area contributed by atoms with Crippen molar-refractivity contribution in [3.05, 3.63) is 152 Å². The van der Waals surface area contributed by atoms with Crippen LogP contribution in [0.15, 0.2) is 152 Å². The minimum atomic E-state index is 1.18. The van der Waals surface area contributed by atoms with Gasteiger partial charge in [0.2, 0.25) is 0 Å². The Kier molecular flexibility index (Phi) is 5.39. The summed E-state index contributed by atoms with van der Waals surface area (Å²) in [4.78, 5) is 0. The maximum absolute atomic E-state index is 2.46. The number of para-hydroxylation sites is 1. The average molecular weight is 608 g/mol. The summed E-state index contributed by atoms with van der Waals surface area (Å²) in [7, 11) is 0. The maximum Gasteiger partial charge on any atom is 0.0719 e. The van der Waals surface area contributed by atoms with Gasteiger partial charge in [-0.2, -0.15) is 0 Å². The molecule has 0 atom stereocenters. The lowest BCUT2D eigenvalue weighted by molar-refractivity contribution is 1.19. The van der Waals surface area contributed by atoms with Crippen molar-refractivity contribution in [1.82, 2.24) is 4.57 Å².